The first-order chi connectivity index (χ1) is 9.90. The van der Waals surface area contributed by atoms with Crippen LogP contribution in [0.1, 0.15) is 28.3 Å². The summed E-state index contributed by atoms with van der Waals surface area (Å²) in [6.45, 7) is 0.0585. The normalized spacial score (nSPS) is 15.9. The highest BCUT2D eigenvalue weighted by Crippen LogP contribution is 2.42. The molecule has 3 nitrogen and oxygen atoms in total. The lowest BCUT2D eigenvalue weighted by Crippen LogP contribution is -2.03. The van der Waals surface area contributed by atoms with Crippen LogP contribution in [0.2, 0.25) is 0 Å². The molecular weight excluding hydrogens is 248 g/mol. The Bertz CT molecular complexity index is 776. The largest absolute Gasteiger partial charge is 0.392 e. The Morgan fingerprint density at radius 1 is 1.00 bits per heavy atom. The Morgan fingerprint density at radius 3 is 2.60 bits per heavy atom. The zero-order valence-corrected chi connectivity index (χ0v) is 10.9. The molecule has 0 aliphatic carbocycles. The Kier molecular flexibility index (Phi) is 2.47. The Morgan fingerprint density at radius 2 is 1.75 bits per heavy atom. The van der Waals surface area contributed by atoms with Crippen LogP contribution in [-0.4, -0.2) is 14.7 Å². The molecule has 0 saturated heterocycles. The summed E-state index contributed by atoms with van der Waals surface area (Å²) < 4.78 is 2.13. The molecule has 3 aromatic rings. The lowest BCUT2D eigenvalue weighted by Gasteiger charge is -2.15. The number of imidazole rings is 1. The van der Waals surface area contributed by atoms with Gasteiger partial charge in [-0.15, -0.1) is 0 Å². The van der Waals surface area contributed by atoms with Crippen LogP contribution in [0.3, 0.4) is 0 Å². The second-order valence-electron chi connectivity index (χ2n) is 5.04. The van der Waals surface area contributed by atoms with E-state index in [1.54, 1.807) is 0 Å². The van der Waals surface area contributed by atoms with Crippen LogP contribution in [0, 0.1) is 0 Å². The number of para-hydroxylation sites is 1. The van der Waals surface area contributed by atoms with Crippen molar-refractivity contribution in [2.75, 3.05) is 0 Å². The molecule has 2 aromatic carbocycles. The van der Waals surface area contributed by atoms with Crippen molar-refractivity contribution in [2.45, 2.75) is 12.5 Å². The molecule has 1 aromatic heterocycles. The van der Waals surface area contributed by atoms with E-state index in [9.17, 15) is 5.11 Å². The van der Waals surface area contributed by atoms with Crippen molar-refractivity contribution < 1.29 is 5.11 Å². The molecule has 1 atom stereocenters. The van der Waals surface area contributed by atoms with Crippen LogP contribution in [0.4, 0.5) is 0 Å². The van der Waals surface area contributed by atoms with Crippen LogP contribution in [-0.2, 0) is 6.61 Å². The summed E-state index contributed by atoms with van der Waals surface area (Å²) in [5.41, 5.74) is 5.74. The highest BCUT2D eigenvalue weighted by atomic mass is 16.3. The summed E-state index contributed by atoms with van der Waals surface area (Å²) in [5.74, 6) is 0.150. The van der Waals surface area contributed by atoms with Crippen molar-refractivity contribution in [1.29, 1.82) is 0 Å². The molecule has 20 heavy (non-hydrogen) atoms. The van der Waals surface area contributed by atoms with E-state index in [1.807, 2.05) is 36.8 Å². The summed E-state index contributed by atoms with van der Waals surface area (Å²) in [7, 11) is 0. The average Bonchev–Trinajstić information content (AvgIpc) is 3.07. The highest BCUT2D eigenvalue weighted by molar-refractivity contribution is 5.58. The summed E-state index contributed by atoms with van der Waals surface area (Å²) in [6.07, 6.45) is 3.77. The molecule has 0 radical (unpaired) electrons. The second-order valence-corrected chi connectivity index (χ2v) is 5.04. The second kappa shape index (κ2) is 4.32. The maximum absolute atomic E-state index is 9.60. The van der Waals surface area contributed by atoms with Crippen LogP contribution < -0.4 is 0 Å². The van der Waals surface area contributed by atoms with Gasteiger partial charge in [0.25, 0.3) is 0 Å². The standard InChI is InChI=1S/C17H14N2O/c20-10-12-5-1-2-6-13(12)17-14-7-3-4-8-15(14)19-11-18-9-16(17)19/h1-9,11,17,20H,10H2. The third kappa shape index (κ3) is 1.47. The maximum atomic E-state index is 9.60. The Hall–Kier alpha value is -2.39. The van der Waals surface area contributed by atoms with Gasteiger partial charge in [0.15, 0.2) is 0 Å². The van der Waals surface area contributed by atoms with E-state index in [1.165, 1.54) is 11.3 Å². The number of hydrogen-bond acceptors (Lipinski definition) is 2. The van der Waals surface area contributed by atoms with Crippen molar-refractivity contribution in [3.63, 3.8) is 0 Å². The summed E-state index contributed by atoms with van der Waals surface area (Å²) in [4.78, 5) is 4.27. The smallest absolute Gasteiger partial charge is 0.0994 e. The van der Waals surface area contributed by atoms with Gasteiger partial charge < -0.3 is 9.67 Å². The quantitative estimate of drug-likeness (QED) is 0.603. The lowest BCUT2D eigenvalue weighted by atomic mass is 9.87. The molecule has 1 N–H and O–H groups in total. The molecule has 0 saturated carbocycles. The van der Waals surface area contributed by atoms with E-state index in [2.05, 4.69) is 33.8 Å². The lowest BCUT2D eigenvalue weighted by molar-refractivity contribution is 0.280. The summed E-state index contributed by atoms with van der Waals surface area (Å²) in [6, 6.07) is 16.4. The molecule has 3 heteroatoms. The van der Waals surface area contributed by atoms with E-state index in [0.717, 1.165) is 16.8 Å². The highest BCUT2D eigenvalue weighted by Gasteiger charge is 2.31. The van der Waals surface area contributed by atoms with E-state index in [0.29, 0.717) is 0 Å². The van der Waals surface area contributed by atoms with Gasteiger partial charge in [-0.25, -0.2) is 4.98 Å². The summed E-state index contributed by atoms with van der Waals surface area (Å²) in [5, 5.41) is 9.60. The first-order valence-corrected chi connectivity index (χ1v) is 6.70. The first kappa shape index (κ1) is 11.4. The van der Waals surface area contributed by atoms with Crippen LogP contribution in [0.25, 0.3) is 5.69 Å². The van der Waals surface area contributed by atoms with Crippen molar-refractivity contribution in [2.24, 2.45) is 0 Å². The van der Waals surface area contributed by atoms with Gasteiger partial charge in [-0.05, 0) is 22.8 Å². The fourth-order valence-electron chi connectivity index (χ4n) is 3.12. The van der Waals surface area contributed by atoms with Crippen LogP contribution in [0.15, 0.2) is 61.1 Å². The Labute approximate surface area is 117 Å². The molecular formula is C17H14N2O. The maximum Gasteiger partial charge on any atom is 0.0994 e. The van der Waals surface area contributed by atoms with E-state index in [4.69, 9.17) is 0 Å². The topological polar surface area (TPSA) is 38.0 Å². The number of nitrogens with zero attached hydrogens (tertiary/aromatic N) is 2. The molecule has 0 spiro atoms. The summed E-state index contributed by atoms with van der Waals surface area (Å²) >= 11 is 0. The molecule has 1 unspecified atom stereocenters. The molecule has 2 heterocycles. The van der Waals surface area contributed by atoms with Crippen molar-refractivity contribution in [1.82, 2.24) is 9.55 Å². The van der Waals surface area contributed by atoms with Crippen LogP contribution >= 0.6 is 0 Å². The number of rotatable bonds is 2. The van der Waals surface area contributed by atoms with E-state index >= 15 is 0 Å². The predicted octanol–water partition coefficient (Wildman–Crippen LogP) is 2.86. The van der Waals surface area contributed by atoms with E-state index in [-0.39, 0.29) is 12.5 Å². The minimum absolute atomic E-state index is 0.0585. The number of aliphatic hydroxyl groups excluding tert-OH is 1. The third-order valence-electron chi connectivity index (χ3n) is 4.01. The van der Waals surface area contributed by atoms with Gasteiger partial charge >= 0.3 is 0 Å². The molecule has 98 valence electrons. The minimum Gasteiger partial charge on any atom is -0.392 e. The van der Waals surface area contributed by atoms with Crippen molar-refractivity contribution in [3.8, 4) is 5.69 Å². The molecule has 4 rings (SSSR count). The number of aromatic nitrogens is 2. The molecule has 1 aliphatic rings. The van der Waals surface area contributed by atoms with Crippen molar-refractivity contribution in [3.05, 3.63) is 83.4 Å². The SMILES string of the molecule is OCc1ccccc1C1c2ccccc2-n2cncc21. The fourth-order valence-corrected chi connectivity index (χ4v) is 3.12. The van der Waals surface area contributed by atoms with Crippen molar-refractivity contribution >= 4 is 0 Å². The van der Waals surface area contributed by atoms with Gasteiger partial charge in [0.1, 0.15) is 0 Å². The molecule has 0 fully saturated rings. The Balaban J connectivity index is 1.99. The molecule has 1 aliphatic heterocycles. The average molecular weight is 262 g/mol. The van der Waals surface area contributed by atoms with Gasteiger partial charge in [0.05, 0.1) is 30.2 Å². The molecule has 0 bridgehead atoms. The number of benzene rings is 2. The zero-order chi connectivity index (χ0) is 13.5. The number of fused-ring (bicyclic) bond motifs is 3. The third-order valence-corrected chi connectivity index (χ3v) is 4.01. The van der Waals surface area contributed by atoms with E-state index < -0.39 is 0 Å². The van der Waals surface area contributed by atoms with Gasteiger partial charge in [-0.1, -0.05) is 42.5 Å². The van der Waals surface area contributed by atoms with Gasteiger partial charge in [0, 0.05) is 6.20 Å². The first-order valence-electron chi connectivity index (χ1n) is 6.70. The van der Waals surface area contributed by atoms with Crippen LogP contribution in [0.5, 0.6) is 0 Å². The van der Waals surface area contributed by atoms with Gasteiger partial charge in [-0.3, -0.25) is 0 Å². The minimum atomic E-state index is 0.0585. The monoisotopic (exact) mass is 262 g/mol. The van der Waals surface area contributed by atoms with Gasteiger partial charge in [0.2, 0.25) is 0 Å². The van der Waals surface area contributed by atoms with Gasteiger partial charge in [-0.2, -0.15) is 0 Å². The fraction of sp³-hybridized carbons (Fsp3) is 0.118. The number of hydrogen-bond donors (Lipinski definition) is 1. The zero-order valence-electron chi connectivity index (χ0n) is 10.9. The number of aliphatic hydroxyl groups is 1. The predicted molar refractivity (Wildman–Crippen MR) is 76.9 cm³/mol. The molecule has 0 amide bonds.